The number of aromatic amines is 1. The van der Waals surface area contributed by atoms with Gasteiger partial charge >= 0.3 is 0 Å². The van der Waals surface area contributed by atoms with Crippen LogP contribution in [-0.2, 0) is 11.3 Å². The number of fused-ring (bicyclic) bond motifs is 1. The Hall–Kier alpha value is -1.77. The van der Waals surface area contributed by atoms with Crippen molar-refractivity contribution in [3.05, 3.63) is 26.6 Å². The molecule has 2 N–H and O–H groups in total. The van der Waals surface area contributed by atoms with Crippen LogP contribution in [-0.4, -0.2) is 54.6 Å². The minimum Gasteiger partial charge on any atom is -0.381 e. The molecule has 0 atom stereocenters. The van der Waals surface area contributed by atoms with Crippen molar-refractivity contribution in [2.75, 3.05) is 33.9 Å². The summed E-state index contributed by atoms with van der Waals surface area (Å²) in [4.78, 5) is 35.2. The Morgan fingerprint density at radius 1 is 1.31 bits per heavy atom. The van der Waals surface area contributed by atoms with Gasteiger partial charge in [-0.1, -0.05) is 13.3 Å². The first-order valence-electron chi connectivity index (χ1n) is 8.97. The van der Waals surface area contributed by atoms with Crippen LogP contribution in [0.5, 0.6) is 0 Å². The van der Waals surface area contributed by atoms with Gasteiger partial charge in [0.2, 0.25) is 0 Å². The summed E-state index contributed by atoms with van der Waals surface area (Å²) in [7, 11) is 3.82. The quantitative estimate of drug-likeness (QED) is 0.618. The number of H-pyrrole nitrogens is 1. The van der Waals surface area contributed by atoms with Crippen LogP contribution in [0.3, 0.4) is 0 Å². The third-order valence-corrected chi connectivity index (χ3v) is 5.10. The first kappa shape index (κ1) is 20.5. The Labute approximate surface area is 157 Å². The first-order valence-corrected chi connectivity index (χ1v) is 9.78. The number of aryl methyl sites for hydroxylation is 1. The van der Waals surface area contributed by atoms with Crippen molar-refractivity contribution in [3.8, 4) is 0 Å². The van der Waals surface area contributed by atoms with Gasteiger partial charge in [0.1, 0.15) is 10.7 Å². The van der Waals surface area contributed by atoms with Crippen LogP contribution in [0.15, 0.2) is 4.79 Å². The van der Waals surface area contributed by atoms with Crippen molar-refractivity contribution in [1.82, 2.24) is 20.2 Å². The van der Waals surface area contributed by atoms with Gasteiger partial charge in [0.25, 0.3) is 11.5 Å². The van der Waals surface area contributed by atoms with E-state index in [0.717, 1.165) is 25.9 Å². The topological polar surface area (TPSA) is 87.3 Å². The summed E-state index contributed by atoms with van der Waals surface area (Å²) in [5.41, 5.74) is 0.496. The highest BCUT2D eigenvalue weighted by molar-refractivity contribution is 7.20. The fourth-order valence-electron chi connectivity index (χ4n) is 2.58. The highest BCUT2D eigenvalue weighted by atomic mass is 32.1. The van der Waals surface area contributed by atoms with Gasteiger partial charge in [0, 0.05) is 19.8 Å². The van der Waals surface area contributed by atoms with Crippen LogP contribution in [0.25, 0.3) is 10.2 Å². The number of nitrogens with zero attached hydrogens (tertiary/aromatic N) is 2. The van der Waals surface area contributed by atoms with Crippen LogP contribution in [0.1, 0.15) is 47.2 Å². The molecule has 0 bridgehead atoms. The van der Waals surface area contributed by atoms with Crippen LogP contribution in [0, 0.1) is 6.92 Å². The molecule has 8 heteroatoms. The Bertz CT molecular complexity index is 798. The fourth-order valence-corrected chi connectivity index (χ4v) is 3.70. The molecule has 7 nitrogen and oxygen atoms in total. The maximum Gasteiger partial charge on any atom is 0.261 e. The number of carbonyl (C=O) groups excluding carboxylic acids is 1. The van der Waals surface area contributed by atoms with Gasteiger partial charge < -0.3 is 19.9 Å². The van der Waals surface area contributed by atoms with E-state index in [4.69, 9.17) is 4.74 Å². The average molecular weight is 381 g/mol. The van der Waals surface area contributed by atoms with E-state index in [9.17, 15) is 9.59 Å². The molecule has 0 spiro atoms. The molecule has 144 valence electrons. The molecule has 1 amide bonds. The van der Waals surface area contributed by atoms with E-state index < -0.39 is 0 Å². The summed E-state index contributed by atoms with van der Waals surface area (Å²) in [6.07, 6.45) is 2.95. The number of unbranched alkanes of at least 4 members (excludes halogenated alkanes) is 1. The molecule has 0 radical (unpaired) electrons. The summed E-state index contributed by atoms with van der Waals surface area (Å²) in [6.45, 7) is 6.42. The normalized spacial score (nSPS) is 11.4. The van der Waals surface area contributed by atoms with E-state index >= 15 is 0 Å². The lowest BCUT2D eigenvalue weighted by Crippen LogP contribution is -2.25. The van der Waals surface area contributed by atoms with Crippen molar-refractivity contribution in [2.24, 2.45) is 0 Å². The van der Waals surface area contributed by atoms with E-state index in [1.165, 1.54) is 11.3 Å². The van der Waals surface area contributed by atoms with Gasteiger partial charge in [-0.25, -0.2) is 4.98 Å². The third kappa shape index (κ3) is 5.36. The largest absolute Gasteiger partial charge is 0.381 e. The number of thiophene rings is 1. The Morgan fingerprint density at radius 3 is 2.73 bits per heavy atom. The van der Waals surface area contributed by atoms with Crippen molar-refractivity contribution in [2.45, 2.75) is 39.7 Å². The molecule has 26 heavy (non-hydrogen) atoms. The molecular weight excluding hydrogens is 352 g/mol. The Morgan fingerprint density at radius 2 is 2.04 bits per heavy atom. The molecule has 0 aliphatic rings. The Kier molecular flexibility index (Phi) is 7.74. The predicted octanol–water partition coefficient (Wildman–Crippen LogP) is 2.29. The van der Waals surface area contributed by atoms with Crippen LogP contribution >= 0.6 is 11.3 Å². The highest BCUT2D eigenvalue weighted by Crippen LogP contribution is 2.26. The van der Waals surface area contributed by atoms with Gasteiger partial charge in [0.15, 0.2) is 0 Å². The zero-order valence-corrected chi connectivity index (χ0v) is 16.8. The van der Waals surface area contributed by atoms with Crippen LogP contribution in [0.4, 0.5) is 0 Å². The molecule has 0 unspecified atom stereocenters. The van der Waals surface area contributed by atoms with Crippen LogP contribution < -0.4 is 10.9 Å². The average Bonchev–Trinajstić information content (AvgIpc) is 2.90. The fraction of sp³-hybridized carbons (Fsp3) is 0.611. The number of carbonyl (C=O) groups is 1. The zero-order chi connectivity index (χ0) is 19.1. The molecule has 0 aromatic carbocycles. The lowest BCUT2D eigenvalue weighted by atomic mass is 10.2. The number of hydrogen-bond donors (Lipinski definition) is 2. The number of nitrogens with one attached hydrogen (secondary N) is 2. The molecule has 0 saturated heterocycles. The molecule has 0 aliphatic carbocycles. The lowest BCUT2D eigenvalue weighted by molar-refractivity contribution is 0.0944. The van der Waals surface area contributed by atoms with Crippen LogP contribution in [0.2, 0.25) is 0 Å². The smallest absolute Gasteiger partial charge is 0.261 e. The van der Waals surface area contributed by atoms with Gasteiger partial charge in [-0.3, -0.25) is 9.59 Å². The second kappa shape index (κ2) is 9.80. The third-order valence-electron chi connectivity index (χ3n) is 3.92. The summed E-state index contributed by atoms with van der Waals surface area (Å²) < 4.78 is 5.49. The van der Waals surface area contributed by atoms with Gasteiger partial charge in [-0.05, 0) is 39.4 Å². The minimum atomic E-state index is -0.191. The molecule has 0 aliphatic heterocycles. The molecule has 2 rings (SSSR count). The summed E-state index contributed by atoms with van der Waals surface area (Å²) >= 11 is 1.27. The summed E-state index contributed by atoms with van der Waals surface area (Å²) in [5.74, 6) is 0.442. The van der Waals surface area contributed by atoms with Crippen molar-refractivity contribution in [3.63, 3.8) is 0 Å². The molecule has 0 saturated carbocycles. The molecule has 2 aromatic heterocycles. The zero-order valence-electron chi connectivity index (χ0n) is 16.0. The second-order valence-corrected chi connectivity index (χ2v) is 7.56. The monoisotopic (exact) mass is 380 g/mol. The molecule has 2 heterocycles. The maximum atomic E-state index is 12.5. The summed E-state index contributed by atoms with van der Waals surface area (Å²) in [5, 5.41) is 3.41. The van der Waals surface area contributed by atoms with Gasteiger partial charge in [-0.2, -0.15) is 0 Å². The van der Waals surface area contributed by atoms with Crippen molar-refractivity contribution in [1.29, 1.82) is 0 Å². The molecule has 0 fully saturated rings. The molecular formula is C18H28N4O3S. The summed E-state index contributed by atoms with van der Waals surface area (Å²) in [6, 6.07) is 0. The lowest BCUT2D eigenvalue weighted by Gasteiger charge is -2.07. The van der Waals surface area contributed by atoms with Gasteiger partial charge in [0.05, 0.1) is 16.8 Å². The number of amides is 1. The Balaban J connectivity index is 2.02. The van der Waals surface area contributed by atoms with E-state index in [1.807, 2.05) is 19.0 Å². The predicted molar refractivity (Wildman–Crippen MR) is 105 cm³/mol. The van der Waals surface area contributed by atoms with E-state index in [-0.39, 0.29) is 11.5 Å². The highest BCUT2D eigenvalue weighted by Gasteiger charge is 2.19. The van der Waals surface area contributed by atoms with Gasteiger partial charge in [-0.15, -0.1) is 11.3 Å². The second-order valence-electron chi connectivity index (χ2n) is 6.56. The first-order chi connectivity index (χ1) is 12.4. The standard InChI is InChI=1S/C18H28N4O3S/c1-5-6-9-25-10-7-8-19-17(24)15-12(2)14-16(23)20-13(11-22(3)4)21-18(14)26-15/h5-11H2,1-4H3,(H,19,24)(H,20,21,23). The minimum absolute atomic E-state index is 0.160. The van der Waals surface area contributed by atoms with Crippen molar-refractivity contribution < 1.29 is 9.53 Å². The number of rotatable bonds is 10. The number of aromatic nitrogens is 2. The van der Waals surface area contributed by atoms with E-state index in [1.54, 1.807) is 6.92 Å². The SMILES string of the molecule is CCCCOCCCNC(=O)c1sc2nc(CN(C)C)[nH]c(=O)c2c1C. The van der Waals surface area contributed by atoms with E-state index in [2.05, 4.69) is 22.2 Å². The number of ether oxygens (including phenoxy) is 1. The maximum absolute atomic E-state index is 12.5. The molecule has 2 aromatic rings. The van der Waals surface area contributed by atoms with E-state index in [0.29, 0.717) is 46.2 Å². The number of hydrogen-bond acceptors (Lipinski definition) is 6. The van der Waals surface area contributed by atoms with Crippen molar-refractivity contribution >= 4 is 27.5 Å².